The van der Waals surface area contributed by atoms with E-state index in [0.29, 0.717) is 5.69 Å². The molecule has 3 rings (SSSR count). The largest absolute Gasteiger partial charge is 0.368 e. The van der Waals surface area contributed by atoms with Crippen molar-refractivity contribution in [3.63, 3.8) is 0 Å². The molecule has 0 atom stereocenters. The third-order valence-electron chi connectivity index (χ3n) is 4.06. The van der Waals surface area contributed by atoms with E-state index in [0.717, 1.165) is 39.1 Å². The van der Waals surface area contributed by atoms with Gasteiger partial charge in [-0.3, -0.25) is 9.48 Å². The first kappa shape index (κ1) is 14.6. The van der Waals surface area contributed by atoms with Crippen LogP contribution in [-0.2, 0) is 6.54 Å². The number of piperazine rings is 1. The Morgan fingerprint density at radius 1 is 1.09 bits per heavy atom. The molecule has 1 aromatic carbocycles. The van der Waals surface area contributed by atoms with E-state index >= 15 is 0 Å². The molecule has 1 saturated heterocycles. The topological polar surface area (TPSA) is 41.4 Å². The van der Waals surface area contributed by atoms with E-state index in [1.165, 1.54) is 5.69 Å². The Labute approximate surface area is 131 Å². The van der Waals surface area contributed by atoms with Gasteiger partial charge in [-0.2, -0.15) is 5.10 Å². The van der Waals surface area contributed by atoms with E-state index < -0.39 is 0 Å². The molecule has 116 valence electrons. The molecule has 0 saturated carbocycles. The van der Waals surface area contributed by atoms with Crippen LogP contribution in [0.3, 0.4) is 0 Å². The van der Waals surface area contributed by atoms with Gasteiger partial charge < -0.3 is 9.80 Å². The molecule has 1 fully saturated rings. The first-order valence-corrected chi connectivity index (χ1v) is 7.90. The molecule has 1 aliphatic heterocycles. The van der Waals surface area contributed by atoms with E-state index in [9.17, 15) is 4.79 Å². The number of rotatable bonds is 4. The first-order valence-electron chi connectivity index (χ1n) is 7.90. The van der Waals surface area contributed by atoms with Crippen molar-refractivity contribution >= 4 is 11.6 Å². The SMILES string of the molecule is CCCn1nccc1C(=O)N1CCN(c2ccccc2)CC1. The maximum Gasteiger partial charge on any atom is 0.272 e. The molecule has 0 N–H and O–H groups in total. The van der Waals surface area contributed by atoms with Crippen LogP contribution in [0.5, 0.6) is 0 Å². The summed E-state index contributed by atoms with van der Waals surface area (Å²) < 4.78 is 1.81. The smallest absolute Gasteiger partial charge is 0.272 e. The number of anilines is 1. The van der Waals surface area contributed by atoms with Gasteiger partial charge in [-0.1, -0.05) is 25.1 Å². The van der Waals surface area contributed by atoms with Crippen molar-refractivity contribution in [1.29, 1.82) is 0 Å². The normalized spacial score (nSPS) is 15.1. The zero-order valence-electron chi connectivity index (χ0n) is 13.0. The van der Waals surface area contributed by atoms with Crippen molar-refractivity contribution < 1.29 is 4.79 Å². The Bertz CT molecular complexity index is 615. The standard InChI is InChI=1S/C17H22N4O/c1-2-10-21-16(8-9-18-21)17(22)20-13-11-19(12-14-20)15-6-4-3-5-7-15/h3-9H,2,10-14H2,1H3. The van der Waals surface area contributed by atoms with Crippen LogP contribution in [0.25, 0.3) is 0 Å². The molecule has 0 bridgehead atoms. The fraction of sp³-hybridized carbons (Fsp3) is 0.412. The minimum absolute atomic E-state index is 0.0960. The van der Waals surface area contributed by atoms with Crippen LogP contribution in [0.1, 0.15) is 23.8 Å². The van der Waals surface area contributed by atoms with E-state index in [2.05, 4.69) is 41.2 Å². The van der Waals surface area contributed by atoms with Crippen molar-refractivity contribution in [2.24, 2.45) is 0 Å². The fourth-order valence-electron chi connectivity index (χ4n) is 2.87. The molecule has 0 unspecified atom stereocenters. The van der Waals surface area contributed by atoms with E-state index in [4.69, 9.17) is 0 Å². The molecule has 1 amide bonds. The molecule has 1 aromatic heterocycles. The van der Waals surface area contributed by atoms with Crippen molar-refractivity contribution in [3.05, 3.63) is 48.3 Å². The molecular formula is C17H22N4O. The van der Waals surface area contributed by atoms with Gasteiger partial charge in [0.2, 0.25) is 0 Å². The number of carbonyl (C=O) groups is 1. The summed E-state index contributed by atoms with van der Waals surface area (Å²) in [6.45, 7) is 6.14. The minimum Gasteiger partial charge on any atom is -0.368 e. The second kappa shape index (κ2) is 6.64. The Balaban J connectivity index is 1.63. The Hall–Kier alpha value is -2.30. The number of benzene rings is 1. The highest BCUT2D eigenvalue weighted by Gasteiger charge is 2.24. The predicted octanol–water partition coefficient (Wildman–Crippen LogP) is 2.26. The first-order chi connectivity index (χ1) is 10.8. The summed E-state index contributed by atoms with van der Waals surface area (Å²) in [7, 11) is 0. The average Bonchev–Trinajstić information content (AvgIpc) is 3.04. The lowest BCUT2D eigenvalue weighted by atomic mass is 10.2. The van der Waals surface area contributed by atoms with Gasteiger partial charge in [-0.25, -0.2) is 0 Å². The highest BCUT2D eigenvalue weighted by molar-refractivity contribution is 5.92. The molecule has 0 radical (unpaired) electrons. The number of aromatic nitrogens is 2. The molecule has 0 spiro atoms. The van der Waals surface area contributed by atoms with Crippen LogP contribution in [0.15, 0.2) is 42.6 Å². The third-order valence-corrected chi connectivity index (χ3v) is 4.06. The third kappa shape index (κ3) is 2.98. The number of nitrogens with zero attached hydrogens (tertiary/aromatic N) is 4. The Morgan fingerprint density at radius 2 is 1.82 bits per heavy atom. The van der Waals surface area contributed by atoms with Crippen molar-refractivity contribution in [3.8, 4) is 0 Å². The summed E-state index contributed by atoms with van der Waals surface area (Å²) in [5.74, 6) is 0.0960. The zero-order chi connectivity index (χ0) is 15.4. The number of hydrogen-bond acceptors (Lipinski definition) is 3. The predicted molar refractivity (Wildman–Crippen MR) is 87.1 cm³/mol. The van der Waals surface area contributed by atoms with Gasteiger partial charge in [0.25, 0.3) is 5.91 Å². The lowest BCUT2D eigenvalue weighted by Crippen LogP contribution is -2.49. The lowest BCUT2D eigenvalue weighted by Gasteiger charge is -2.36. The highest BCUT2D eigenvalue weighted by atomic mass is 16.2. The maximum atomic E-state index is 12.6. The van der Waals surface area contributed by atoms with Gasteiger partial charge in [0.05, 0.1) is 0 Å². The number of hydrogen-bond donors (Lipinski definition) is 0. The number of para-hydroxylation sites is 1. The number of amides is 1. The Morgan fingerprint density at radius 3 is 2.50 bits per heavy atom. The molecule has 22 heavy (non-hydrogen) atoms. The van der Waals surface area contributed by atoms with Crippen LogP contribution in [-0.4, -0.2) is 46.8 Å². The summed E-state index contributed by atoms with van der Waals surface area (Å²) in [4.78, 5) is 16.9. The van der Waals surface area contributed by atoms with Crippen molar-refractivity contribution in [1.82, 2.24) is 14.7 Å². The quantitative estimate of drug-likeness (QED) is 0.869. The van der Waals surface area contributed by atoms with Crippen LogP contribution in [0.4, 0.5) is 5.69 Å². The summed E-state index contributed by atoms with van der Waals surface area (Å²) >= 11 is 0. The lowest BCUT2D eigenvalue weighted by molar-refractivity contribution is 0.0734. The van der Waals surface area contributed by atoms with Gasteiger partial charge in [-0.05, 0) is 24.6 Å². The average molecular weight is 298 g/mol. The van der Waals surface area contributed by atoms with Gasteiger partial charge >= 0.3 is 0 Å². The number of carbonyl (C=O) groups excluding carboxylic acids is 1. The van der Waals surface area contributed by atoms with Crippen molar-refractivity contribution in [2.75, 3.05) is 31.1 Å². The molecule has 0 aliphatic carbocycles. The second-order valence-corrected chi connectivity index (χ2v) is 5.55. The summed E-state index contributed by atoms with van der Waals surface area (Å²) in [5.41, 5.74) is 1.93. The Kier molecular flexibility index (Phi) is 4.42. The monoisotopic (exact) mass is 298 g/mol. The minimum atomic E-state index is 0.0960. The molecular weight excluding hydrogens is 276 g/mol. The van der Waals surface area contributed by atoms with Gasteiger partial charge in [0, 0.05) is 44.6 Å². The van der Waals surface area contributed by atoms with Crippen LogP contribution in [0.2, 0.25) is 0 Å². The van der Waals surface area contributed by atoms with Crippen LogP contribution in [0, 0.1) is 0 Å². The summed E-state index contributed by atoms with van der Waals surface area (Å²) in [5, 5.41) is 4.24. The maximum absolute atomic E-state index is 12.6. The van der Waals surface area contributed by atoms with Gasteiger partial charge in [0.15, 0.2) is 0 Å². The van der Waals surface area contributed by atoms with Gasteiger partial charge in [0.1, 0.15) is 5.69 Å². The molecule has 2 heterocycles. The van der Waals surface area contributed by atoms with Gasteiger partial charge in [-0.15, -0.1) is 0 Å². The highest BCUT2D eigenvalue weighted by Crippen LogP contribution is 2.16. The molecule has 1 aliphatic rings. The summed E-state index contributed by atoms with van der Waals surface area (Å²) in [6, 6.07) is 12.2. The number of aryl methyl sites for hydroxylation is 1. The van der Waals surface area contributed by atoms with E-state index in [1.807, 2.05) is 21.7 Å². The fourth-order valence-corrected chi connectivity index (χ4v) is 2.87. The van der Waals surface area contributed by atoms with Crippen LogP contribution >= 0.6 is 0 Å². The molecule has 2 aromatic rings. The molecule has 5 nitrogen and oxygen atoms in total. The van der Waals surface area contributed by atoms with E-state index in [1.54, 1.807) is 6.20 Å². The summed E-state index contributed by atoms with van der Waals surface area (Å²) in [6.07, 6.45) is 2.69. The van der Waals surface area contributed by atoms with Crippen molar-refractivity contribution in [2.45, 2.75) is 19.9 Å². The zero-order valence-corrected chi connectivity index (χ0v) is 13.0. The molecule has 5 heteroatoms. The van der Waals surface area contributed by atoms with E-state index in [-0.39, 0.29) is 5.91 Å². The second-order valence-electron chi connectivity index (χ2n) is 5.55. The van der Waals surface area contributed by atoms with Crippen LogP contribution < -0.4 is 4.90 Å².